The summed E-state index contributed by atoms with van der Waals surface area (Å²) in [6.45, 7) is 1.72. The summed E-state index contributed by atoms with van der Waals surface area (Å²) >= 11 is 1.39. The molecule has 3 N–H and O–H groups in total. The first kappa shape index (κ1) is 18.0. The molecule has 128 valence electrons. The smallest absolute Gasteiger partial charge is 0.309 e. The van der Waals surface area contributed by atoms with Crippen LogP contribution in [0.25, 0.3) is 0 Å². The van der Waals surface area contributed by atoms with Gasteiger partial charge < -0.3 is 20.5 Å². The second-order valence-electron chi connectivity index (χ2n) is 5.43. The van der Waals surface area contributed by atoms with Crippen molar-refractivity contribution < 1.29 is 19.4 Å². The number of rotatable bonds is 6. The Bertz CT molecular complexity index is 698. The van der Waals surface area contributed by atoms with E-state index in [1.54, 1.807) is 32.2 Å². The molecular weight excluding hydrogens is 328 g/mol. The molecule has 2 aromatic rings. The van der Waals surface area contributed by atoms with Crippen LogP contribution in [0.4, 0.5) is 0 Å². The molecule has 0 saturated heterocycles. The van der Waals surface area contributed by atoms with Crippen LogP contribution in [-0.4, -0.2) is 30.6 Å². The lowest BCUT2D eigenvalue weighted by Gasteiger charge is -2.22. The van der Waals surface area contributed by atoms with E-state index in [4.69, 9.17) is 4.74 Å². The van der Waals surface area contributed by atoms with Gasteiger partial charge >= 0.3 is 11.8 Å². The molecule has 1 aromatic carbocycles. The summed E-state index contributed by atoms with van der Waals surface area (Å²) in [7, 11) is 1.54. The minimum atomic E-state index is -1.22. The SMILES string of the molecule is COc1ccccc1CNC(=O)C(=O)NCC(C)(O)c1cccs1. The van der Waals surface area contributed by atoms with Crippen molar-refractivity contribution >= 4 is 23.2 Å². The van der Waals surface area contributed by atoms with Gasteiger partial charge in [-0.3, -0.25) is 9.59 Å². The maximum atomic E-state index is 11.9. The van der Waals surface area contributed by atoms with E-state index in [1.807, 2.05) is 23.6 Å². The van der Waals surface area contributed by atoms with E-state index >= 15 is 0 Å². The van der Waals surface area contributed by atoms with Crippen LogP contribution in [0.15, 0.2) is 41.8 Å². The van der Waals surface area contributed by atoms with Gasteiger partial charge in [-0.25, -0.2) is 0 Å². The largest absolute Gasteiger partial charge is 0.496 e. The van der Waals surface area contributed by atoms with Gasteiger partial charge in [0.2, 0.25) is 0 Å². The van der Waals surface area contributed by atoms with Gasteiger partial charge in [-0.15, -0.1) is 11.3 Å². The Labute approximate surface area is 144 Å². The number of aliphatic hydroxyl groups is 1. The molecule has 0 aliphatic rings. The van der Waals surface area contributed by atoms with E-state index in [0.29, 0.717) is 5.75 Å². The zero-order valence-corrected chi connectivity index (χ0v) is 14.4. The Hall–Kier alpha value is -2.38. The van der Waals surface area contributed by atoms with E-state index in [0.717, 1.165) is 10.4 Å². The lowest BCUT2D eigenvalue weighted by Crippen LogP contribution is -2.45. The second-order valence-corrected chi connectivity index (χ2v) is 6.38. The topological polar surface area (TPSA) is 87.7 Å². The molecule has 2 rings (SSSR count). The Balaban J connectivity index is 1.85. The minimum Gasteiger partial charge on any atom is -0.496 e. The number of para-hydroxylation sites is 1. The summed E-state index contributed by atoms with van der Waals surface area (Å²) < 4.78 is 5.19. The number of carbonyl (C=O) groups is 2. The van der Waals surface area contributed by atoms with Crippen molar-refractivity contribution in [3.63, 3.8) is 0 Å². The van der Waals surface area contributed by atoms with Crippen LogP contribution in [0.2, 0.25) is 0 Å². The highest BCUT2D eigenvalue weighted by molar-refractivity contribution is 7.10. The molecule has 1 aromatic heterocycles. The molecule has 6 nitrogen and oxygen atoms in total. The third-order valence-electron chi connectivity index (χ3n) is 3.48. The predicted molar refractivity (Wildman–Crippen MR) is 91.7 cm³/mol. The number of benzene rings is 1. The van der Waals surface area contributed by atoms with E-state index in [9.17, 15) is 14.7 Å². The molecule has 1 heterocycles. The summed E-state index contributed by atoms with van der Waals surface area (Å²) in [6.07, 6.45) is 0. The average molecular weight is 348 g/mol. The first-order valence-corrected chi connectivity index (χ1v) is 8.26. The molecule has 0 fully saturated rings. The molecule has 0 saturated carbocycles. The standard InChI is InChI=1S/C17H20N2O4S/c1-17(22,14-8-5-9-24-14)11-19-16(21)15(20)18-10-12-6-3-4-7-13(12)23-2/h3-9,22H,10-11H2,1-2H3,(H,18,20)(H,19,21). The zero-order valence-electron chi connectivity index (χ0n) is 13.5. The van der Waals surface area contributed by atoms with Gasteiger partial charge in [0.15, 0.2) is 0 Å². The van der Waals surface area contributed by atoms with Crippen molar-refractivity contribution in [3.05, 3.63) is 52.2 Å². The number of thiophene rings is 1. The third kappa shape index (κ3) is 4.56. The van der Waals surface area contributed by atoms with Crippen LogP contribution >= 0.6 is 11.3 Å². The predicted octanol–water partition coefficient (Wildman–Crippen LogP) is 1.40. The third-order valence-corrected chi connectivity index (χ3v) is 4.61. The number of methoxy groups -OCH3 is 1. The first-order valence-electron chi connectivity index (χ1n) is 7.38. The van der Waals surface area contributed by atoms with Crippen molar-refractivity contribution in [2.24, 2.45) is 0 Å². The molecule has 24 heavy (non-hydrogen) atoms. The van der Waals surface area contributed by atoms with Crippen LogP contribution in [0.5, 0.6) is 5.75 Å². The van der Waals surface area contributed by atoms with E-state index in [2.05, 4.69) is 10.6 Å². The fraction of sp³-hybridized carbons (Fsp3) is 0.294. The Morgan fingerprint density at radius 3 is 2.54 bits per heavy atom. The molecule has 0 aliphatic carbocycles. The normalized spacial score (nSPS) is 13.0. The molecule has 2 amide bonds. The summed E-state index contributed by atoms with van der Waals surface area (Å²) in [6, 6.07) is 10.8. The number of carbonyl (C=O) groups excluding carboxylic acids is 2. The molecule has 1 unspecified atom stereocenters. The van der Waals surface area contributed by atoms with Gasteiger partial charge in [-0.1, -0.05) is 24.3 Å². The monoisotopic (exact) mass is 348 g/mol. The van der Waals surface area contributed by atoms with Crippen molar-refractivity contribution in [2.45, 2.75) is 19.1 Å². The zero-order chi connectivity index (χ0) is 17.6. The van der Waals surface area contributed by atoms with E-state index < -0.39 is 17.4 Å². The molecule has 1 atom stereocenters. The summed E-state index contributed by atoms with van der Waals surface area (Å²) in [5.74, 6) is -0.913. The Kier molecular flexibility index (Phi) is 5.94. The highest BCUT2D eigenvalue weighted by Crippen LogP contribution is 2.24. The fourth-order valence-electron chi connectivity index (χ4n) is 2.11. The molecular formula is C17H20N2O4S. The summed E-state index contributed by atoms with van der Waals surface area (Å²) in [5, 5.41) is 17.2. The number of amides is 2. The van der Waals surface area contributed by atoms with Crippen LogP contribution < -0.4 is 15.4 Å². The maximum Gasteiger partial charge on any atom is 0.309 e. The lowest BCUT2D eigenvalue weighted by atomic mass is 10.1. The van der Waals surface area contributed by atoms with Crippen LogP contribution in [0, 0.1) is 0 Å². The highest BCUT2D eigenvalue weighted by atomic mass is 32.1. The van der Waals surface area contributed by atoms with E-state index in [-0.39, 0.29) is 13.1 Å². The van der Waals surface area contributed by atoms with Gasteiger partial charge in [0.1, 0.15) is 11.4 Å². The average Bonchev–Trinajstić information content (AvgIpc) is 3.13. The van der Waals surface area contributed by atoms with Crippen molar-refractivity contribution in [1.82, 2.24) is 10.6 Å². The molecule has 0 spiro atoms. The maximum absolute atomic E-state index is 11.9. The quantitative estimate of drug-likeness (QED) is 0.689. The van der Waals surface area contributed by atoms with Crippen LogP contribution in [0.3, 0.4) is 0 Å². The van der Waals surface area contributed by atoms with Crippen LogP contribution in [0.1, 0.15) is 17.4 Å². The van der Waals surface area contributed by atoms with Crippen molar-refractivity contribution in [3.8, 4) is 5.75 Å². The molecule has 0 radical (unpaired) electrons. The number of hydrogen-bond acceptors (Lipinski definition) is 5. The van der Waals surface area contributed by atoms with Gasteiger partial charge in [-0.2, -0.15) is 0 Å². The molecule has 0 bridgehead atoms. The fourth-order valence-corrected chi connectivity index (χ4v) is 2.90. The van der Waals surface area contributed by atoms with Crippen LogP contribution in [-0.2, 0) is 21.7 Å². The van der Waals surface area contributed by atoms with Gasteiger partial charge in [0.05, 0.1) is 13.7 Å². The lowest BCUT2D eigenvalue weighted by molar-refractivity contribution is -0.139. The number of hydrogen-bond donors (Lipinski definition) is 3. The Morgan fingerprint density at radius 1 is 1.17 bits per heavy atom. The van der Waals surface area contributed by atoms with Crippen molar-refractivity contribution in [2.75, 3.05) is 13.7 Å². The van der Waals surface area contributed by atoms with E-state index in [1.165, 1.54) is 11.3 Å². The second kappa shape index (κ2) is 7.94. The first-order chi connectivity index (χ1) is 11.4. The van der Waals surface area contributed by atoms with Gasteiger partial charge in [0.25, 0.3) is 0 Å². The minimum absolute atomic E-state index is 0.0472. The number of nitrogens with one attached hydrogen (secondary N) is 2. The molecule has 7 heteroatoms. The highest BCUT2D eigenvalue weighted by Gasteiger charge is 2.26. The number of ether oxygens (including phenoxy) is 1. The van der Waals surface area contributed by atoms with Gasteiger partial charge in [-0.05, 0) is 24.4 Å². The summed E-state index contributed by atoms with van der Waals surface area (Å²) in [4.78, 5) is 24.5. The Morgan fingerprint density at radius 2 is 1.88 bits per heavy atom. The van der Waals surface area contributed by atoms with Crippen molar-refractivity contribution in [1.29, 1.82) is 0 Å². The summed E-state index contributed by atoms with van der Waals surface area (Å²) in [5.41, 5.74) is -0.445. The van der Waals surface area contributed by atoms with Gasteiger partial charge in [0, 0.05) is 17.0 Å². The molecule has 0 aliphatic heterocycles.